The molecule has 0 saturated heterocycles. The summed E-state index contributed by atoms with van der Waals surface area (Å²) in [6.07, 6.45) is 0. The molecule has 3 aromatic carbocycles. The highest BCUT2D eigenvalue weighted by atomic mass is 32.1. The molecule has 7 heteroatoms. The fourth-order valence-corrected chi connectivity index (χ4v) is 3.94. The Kier molecular flexibility index (Phi) is 6.56. The van der Waals surface area contributed by atoms with E-state index in [0.29, 0.717) is 28.6 Å². The smallest absolute Gasteiger partial charge is 0.273 e. The molecule has 0 saturated carbocycles. The summed E-state index contributed by atoms with van der Waals surface area (Å²) in [6, 6.07) is 20.7. The molecule has 0 spiro atoms. The summed E-state index contributed by atoms with van der Waals surface area (Å²) in [4.78, 5) is 18.9. The minimum Gasteiger partial charge on any atom is -0.489 e. The maximum absolute atomic E-state index is 13.4. The molecule has 1 amide bonds. The first-order valence-corrected chi connectivity index (χ1v) is 10.8. The predicted octanol–water partition coefficient (Wildman–Crippen LogP) is 5.94. The van der Waals surface area contributed by atoms with E-state index in [9.17, 15) is 13.6 Å². The van der Waals surface area contributed by atoms with Crippen molar-refractivity contribution >= 4 is 17.2 Å². The molecule has 0 aliphatic carbocycles. The van der Waals surface area contributed by atoms with Crippen molar-refractivity contribution in [2.24, 2.45) is 0 Å². The summed E-state index contributed by atoms with van der Waals surface area (Å²) >= 11 is 1.38. The van der Waals surface area contributed by atoms with Gasteiger partial charge in [0.2, 0.25) is 0 Å². The number of benzene rings is 3. The second-order valence-electron chi connectivity index (χ2n) is 7.25. The minimum absolute atomic E-state index is 0.104. The van der Waals surface area contributed by atoms with Crippen LogP contribution in [-0.2, 0) is 13.2 Å². The van der Waals surface area contributed by atoms with Crippen molar-refractivity contribution in [3.63, 3.8) is 0 Å². The van der Waals surface area contributed by atoms with Gasteiger partial charge in [-0.25, -0.2) is 13.8 Å². The van der Waals surface area contributed by atoms with E-state index in [0.717, 1.165) is 23.3 Å². The summed E-state index contributed by atoms with van der Waals surface area (Å²) in [7, 11) is 1.75. The van der Waals surface area contributed by atoms with Crippen LogP contribution in [0.25, 0.3) is 10.6 Å². The zero-order valence-corrected chi connectivity index (χ0v) is 18.1. The van der Waals surface area contributed by atoms with Crippen LogP contribution in [0.15, 0.2) is 78.2 Å². The van der Waals surface area contributed by atoms with Gasteiger partial charge in [-0.2, -0.15) is 0 Å². The summed E-state index contributed by atoms with van der Waals surface area (Å²) < 4.78 is 32.2. The van der Waals surface area contributed by atoms with Gasteiger partial charge in [0, 0.05) is 24.5 Å². The predicted molar refractivity (Wildman–Crippen MR) is 120 cm³/mol. The molecule has 32 heavy (non-hydrogen) atoms. The average Bonchev–Trinajstić information content (AvgIpc) is 3.30. The van der Waals surface area contributed by atoms with Gasteiger partial charge < -0.3 is 9.64 Å². The van der Waals surface area contributed by atoms with Gasteiger partial charge >= 0.3 is 0 Å². The van der Waals surface area contributed by atoms with Crippen LogP contribution in [-0.4, -0.2) is 22.8 Å². The van der Waals surface area contributed by atoms with Gasteiger partial charge in [-0.3, -0.25) is 4.79 Å². The molecular weight excluding hydrogens is 430 g/mol. The van der Waals surface area contributed by atoms with Crippen LogP contribution in [0.5, 0.6) is 5.75 Å². The molecule has 0 radical (unpaired) electrons. The van der Waals surface area contributed by atoms with Crippen LogP contribution in [0.4, 0.5) is 8.78 Å². The first kappa shape index (κ1) is 21.6. The lowest BCUT2D eigenvalue weighted by Gasteiger charge is -2.15. The van der Waals surface area contributed by atoms with Gasteiger partial charge in [0.05, 0.1) is 0 Å². The quantitative estimate of drug-likeness (QED) is 0.350. The lowest BCUT2D eigenvalue weighted by atomic mass is 10.2. The van der Waals surface area contributed by atoms with E-state index in [-0.39, 0.29) is 12.5 Å². The first-order chi connectivity index (χ1) is 15.5. The van der Waals surface area contributed by atoms with E-state index in [1.54, 1.807) is 29.5 Å². The molecule has 1 aromatic heterocycles. The Morgan fingerprint density at radius 1 is 0.969 bits per heavy atom. The zero-order chi connectivity index (χ0) is 22.5. The molecule has 4 aromatic rings. The molecule has 0 aliphatic rings. The van der Waals surface area contributed by atoms with Crippen LogP contribution in [0.1, 0.15) is 21.6 Å². The number of nitrogens with zero attached hydrogens (tertiary/aromatic N) is 2. The van der Waals surface area contributed by atoms with Crippen LogP contribution in [0.2, 0.25) is 0 Å². The van der Waals surface area contributed by atoms with Crippen molar-refractivity contribution in [1.82, 2.24) is 9.88 Å². The lowest BCUT2D eigenvalue weighted by Crippen LogP contribution is -2.26. The van der Waals surface area contributed by atoms with E-state index in [1.807, 2.05) is 42.5 Å². The number of hydrogen-bond acceptors (Lipinski definition) is 4. The normalized spacial score (nSPS) is 10.7. The Morgan fingerprint density at radius 2 is 1.78 bits per heavy atom. The SMILES string of the molecule is CN(Cc1ccccc1)C(=O)c1csc(-c2cccc(OCc3ccc(F)c(F)c3)c2)n1. The molecule has 0 atom stereocenters. The van der Waals surface area contributed by atoms with E-state index in [2.05, 4.69) is 4.98 Å². The van der Waals surface area contributed by atoms with E-state index in [1.165, 1.54) is 17.4 Å². The van der Waals surface area contributed by atoms with Crippen molar-refractivity contribution < 1.29 is 18.3 Å². The lowest BCUT2D eigenvalue weighted by molar-refractivity contribution is 0.0780. The molecule has 1 heterocycles. The standard InChI is InChI=1S/C25H20F2N2O2S/c1-29(14-17-6-3-2-4-7-17)25(30)23-16-32-24(28-23)19-8-5-9-20(13-19)31-15-18-10-11-21(26)22(27)12-18/h2-13,16H,14-15H2,1H3. The van der Waals surface area contributed by atoms with Gasteiger partial charge in [0.25, 0.3) is 5.91 Å². The second kappa shape index (κ2) is 9.70. The van der Waals surface area contributed by atoms with Crippen molar-refractivity contribution in [3.05, 3.63) is 107 Å². The summed E-state index contributed by atoms with van der Waals surface area (Å²) in [6.45, 7) is 0.604. The van der Waals surface area contributed by atoms with E-state index in [4.69, 9.17) is 4.74 Å². The largest absolute Gasteiger partial charge is 0.489 e. The fraction of sp³-hybridized carbons (Fsp3) is 0.120. The highest BCUT2D eigenvalue weighted by Gasteiger charge is 2.16. The minimum atomic E-state index is -0.905. The van der Waals surface area contributed by atoms with Crippen molar-refractivity contribution in [3.8, 4) is 16.3 Å². The Morgan fingerprint density at radius 3 is 2.56 bits per heavy atom. The second-order valence-corrected chi connectivity index (χ2v) is 8.11. The van der Waals surface area contributed by atoms with Gasteiger partial charge in [-0.15, -0.1) is 11.3 Å². The number of rotatable bonds is 7. The third-order valence-corrected chi connectivity index (χ3v) is 5.69. The molecule has 0 N–H and O–H groups in total. The third kappa shape index (κ3) is 5.18. The molecule has 4 nitrogen and oxygen atoms in total. The topological polar surface area (TPSA) is 42.4 Å². The number of thiazole rings is 1. The molecule has 0 unspecified atom stereocenters. The number of carbonyl (C=O) groups excluding carboxylic acids is 1. The monoisotopic (exact) mass is 450 g/mol. The maximum Gasteiger partial charge on any atom is 0.273 e. The van der Waals surface area contributed by atoms with Gasteiger partial charge in [-0.1, -0.05) is 48.5 Å². The summed E-state index contributed by atoms with van der Waals surface area (Å²) in [5, 5.41) is 2.44. The van der Waals surface area contributed by atoms with E-state index < -0.39 is 11.6 Å². The maximum atomic E-state index is 13.4. The molecule has 0 aliphatic heterocycles. The molecule has 162 valence electrons. The van der Waals surface area contributed by atoms with Gasteiger partial charge in [0.15, 0.2) is 11.6 Å². The number of hydrogen-bond donors (Lipinski definition) is 0. The van der Waals surface area contributed by atoms with Crippen molar-refractivity contribution in [2.75, 3.05) is 7.05 Å². The van der Waals surface area contributed by atoms with E-state index >= 15 is 0 Å². The molecular formula is C25H20F2N2O2S. The van der Waals surface area contributed by atoms with Crippen LogP contribution in [0, 0.1) is 11.6 Å². The van der Waals surface area contributed by atoms with Crippen molar-refractivity contribution in [1.29, 1.82) is 0 Å². The number of ether oxygens (including phenoxy) is 1. The Labute approximate surface area is 188 Å². The van der Waals surface area contributed by atoms with Crippen LogP contribution in [0.3, 0.4) is 0 Å². The van der Waals surface area contributed by atoms with Crippen LogP contribution >= 0.6 is 11.3 Å². The number of carbonyl (C=O) groups is 1. The first-order valence-electron chi connectivity index (χ1n) is 9.91. The number of aromatic nitrogens is 1. The van der Waals surface area contributed by atoms with Crippen LogP contribution < -0.4 is 4.74 Å². The number of halogens is 2. The van der Waals surface area contributed by atoms with Gasteiger partial charge in [-0.05, 0) is 35.4 Å². The Hall–Kier alpha value is -3.58. The fourth-order valence-electron chi connectivity index (χ4n) is 3.14. The third-order valence-electron chi connectivity index (χ3n) is 4.80. The van der Waals surface area contributed by atoms with Gasteiger partial charge in [0.1, 0.15) is 23.1 Å². The zero-order valence-electron chi connectivity index (χ0n) is 17.3. The average molecular weight is 451 g/mol. The Balaban J connectivity index is 1.43. The molecule has 0 bridgehead atoms. The summed E-state index contributed by atoms with van der Waals surface area (Å²) in [5.41, 5.74) is 2.77. The number of amides is 1. The summed E-state index contributed by atoms with van der Waals surface area (Å²) in [5.74, 6) is -1.38. The Bertz CT molecular complexity index is 1230. The highest BCUT2D eigenvalue weighted by molar-refractivity contribution is 7.13. The molecule has 4 rings (SSSR count). The molecule has 0 fully saturated rings. The highest BCUT2D eigenvalue weighted by Crippen LogP contribution is 2.28. The van der Waals surface area contributed by atoms with Crippen molar-refractivity contribution in [2.45, 2.75) is 13.2 Å².